The summed E-state index contributed by atoms with van der Waals surface area (Å²) >= 11 is 0. The molecule has 1 unspecified atom stereocenters. The van der Waals surface area contributed by atoms with E-state index in [9.17, 15) is 18.4 Å². The van der Waals surface area contributed by atoms with Gasteiger partial charge >= 0.3 is 0 Å². The van der Waals surface area contributed by atoms with Crippen molar-refractivity contribution in [2.75, 3.05) is 18.0 Å². The standard InChI is InChI=1S/C21H18F2N2O2/c22-16-3-1-14(2-4-16)15-9-11-24(12-10-15)19-13-20(26)25(21(19)27)18-7-5-17(23)6-8-18/h1-9,19H,10-13H2/p+1/t19-/m1/s1. The van der Waals surface area contributed by atoms with Crippen LogP contribution in [0.4, 0.5) is 14.5 Å². The molecule has 0 spiro atoms. The molecule has 138 valence electrons. The van der Waals surface area contributed by atoms with Crippen LogP contribution in [0.3, 0.4) is 0 Å². The number of hydrogen-bond donors (Lipinski definition) is 1. The Morgan fingerprint density at radius 3 is 2.15 bits per heavy atom. The smallest absolute Gasteiger partial charge is 0.292 e. The first-order valence-corrected chi connectivity index (χ1v) is 8.95. The van der Waals surface area contributed by atoms with Crippen molar-refractivity contribution in [3.05, 3.63) is 71.8 Å². The molecule has 1 fully saturated rings. The van der Waals surface area contributed by atoms with Crippen molar-refractivity contribution in [1.29, 1.82) is 0 Å². The van der Waals surface area contributed by atoms with Gasteiger partial charge < -0.3 is 4.90 Å². The number of nitrogens with one attached hydrogen (secondary N) is 1. The summed E-state index contributed by atoms with van der Waals surface area (Å²) in [7, 11) is 0. The van der Waals surface area contributed by atoms with Crippen LogP contribution in [0.1, 0.15) is 18.4 Å². The number of quaternary nitrogens is 1. The van der Waals surface area contributed by atoms with Crippen molar-refractivity contribution in [3.8, 4) is 0 Å². The van der Waals surface area contributed by atoms with E-state index in [4.69, 9.17) is 0 Å². The molecule has 6 heteroatoms. The van der Waals surface area contributed by atoms with E-state index in [-0.39, 0.29) is 24.1 Å². The van der Waals surface area contributed by atoms with Crippen LogP contribution < -0.4 is 9.80 Å². The van der Waals surface area contributed by atoms with Crippen LogP contribution in [-0.2, 0) is 9.59 Å². The van der Waals surface area contributed by atoms with Gasteiger partial charge in [-0.1, -0.05) is 12.1 Å². The average molecular weight is 369 g/mol. The Labute approximate surface area is 155 Å². The van der Waals surface area contributed by atoms with Gasteiger partial charge in [0, 0.05) is 6.42 Å². The summed E-state index contributed by atoms with van der Waals surface area (Å²) in [5.41, 5.74) is 2.52. The van der Waals surface area contributed by atoms with Gasteiger partial charge in [0.1, 0.15) is 11.6 Å². The minimum absolute atomic E-state index is 0.158. The zero-order valence-electron chi connectivity index (χ0n) is 14.6. The number of hydrogen-bond acceptors (Lipinski definition) is 2. The number of halogens is 2. The second-order valence-electron chi connectivity index (χ2n) is 6.90. The molecule has 2 atom stereocenters. The molecule has 2 aromatic carbocycles. The van der Waals surface area contributed by atoms with Crippen molar-refractivity contribution in [1.82, 2.24) is 0 Å². The van der Waals surface area contributed by atoms with E-state index in [2.05, 4.69) is 6.08 Å². The molecule has 1 N–H and O–H groups in total. The number of carbonyl (C=O) groups is 2. The fourth-order valence-corrected chi connectivity index (χ4v) is 3.81. The summed E-state index contributed by atoms with van der Waals surface area (Å²) in [6.07, 6.45) is 2.98. The van der Waals surface area contributed by atoms with Gasteiger partial charge in [0.15, 0.2) is 6.04 Å². The lowest BCUT2D eigenvalue weighted by Crippen LogP contribution is -3.17. The molecule has 4 rings (SSSR count). The molecule has 0 saturated carbocycles. The van der Waals surface area contributed by atoms with E-state index in [1.807, 2.05) is 0 Å². The normalized spacial score (nSPS) is 22.9. The van der Waals surface area contributed by atoms with Gasteiger partial charge in [0.25, 0.3) is 5.91 Å². The third-order valence-corrected chi connectivity index (χ3v) is 5.27. The van der Waals surface area contributed by atoms with Crippen LogP contribution in [0, 0.1) is 11.6 Å². The van der Waals surface area contributed by atoms with Gasteiger partial charge in [-0.05, 0) is 53.6 Å². The Morgan fingerprint density at radius 2 is 1.56 bits per heavy atom. The van der Waals surface area contributed by atoms with Gasteiger partial charge in [-0.2, -0.15) is 0 Å². The first-order chi connectivity index (χ1) is 13.0. The lowest BCUT2D eigenvalue weighted by atomic mass is 9.98. The zero-order valence-corrected chi connectivity index (χ0v) is 14.6. The zero-order chi connectivity index (χ0) is 19.0. The van der Waals surface area contributed by atoms with Crippen molar-refractivity contribution >= 4 is 23.1 Å². The highest BCUT2D eigenvalue weighted by Crippen LogP contribution is 2.23. The van der Waals surface area contributed by atoms with Crippen LogP contribution in [0.2, 0.25) is 0 Å². The maximum absolute atomic E-state index is 13.1. The molecule has 2 amide bonds. The maximum Gasteiger partial charge on any atom is 0.292 e. The van der Waals surface area contributed by atoms with Crippen LogP contribution in [0.5, 0.6) is 0 Å². The fraction of sp³-hybridized carbons (Fsp3) is 0.238. The highest BCUT2D eigenvalue weighted by Gasteiger charge is 2.45. The number of anilines is 1. The summed E-state index contributed by atoms with van der Waals surface area (Å²) in [4.78, 5) is 27.4. The van der Waals surface area contributed by atoms with Gasteiger partial charge in [-0.3, -0.25) is 9.59 Å². The molecule has 1 saturated heterocycles. The van der Waals surface area contributed by atoms with E-state index in [0.29, 0.717) is 12.2 Å². The quantitative estimate of drug-likeness (QED) is 0.841. The molecule has 2 aliphatic rings. The molecular formula is C21H19F2N2O2+. The fourth-order valence-electron chi connectivity index (χ4n) is 3.81. The Kier molecular flexibility index (Phi) is 4.58. The molecule has 27 heavy (non-hydrogen) atoms. The first-order valence-electron chi connectivity index (χ1n) is 8.95. The maximum atomic E-state index is 13.1. The van der Waals surface area contributed by atoms with Crippen LogP contribution in [0.15, 0.2) is 54.6 Å². The van der Waals surface area contributed by atoms with E-state index >= 15 is 0 Å². The van der Waals surface area contributed by atoms with Gasteiger partial charge in [0.05, 0.1) is 25.2 Å². The number of rotatable bonds is 3. The third kappa shape index (κ3) is 3.40. The number of imide groups is 1. The Morgan fingerprint density at radius 1 is 0.926 bits per heavy atom. The van der Waals surface area contributed by atoms with Crippen molar-refractivity contribution < 1.29 is 23.3 Å². The number of amides is 2. The molecule has 0 radical (unpaired) electrons. The van der Waals surface area contributed by atoms with Crippen molar-refractivity contribution in [2.45, 2.75) is 18.9 Å². The molecular weight excluding hydrogens is 350 g/mol. The summed E-state index contributed by atoms with van der Waals surface area (Å²) < 4.78 is 26.2. The average Bonchev–Trinajstić information content (AvgIpc) is 2.98. The monoisotopic (exact) mass is 369 g/mol. The third-order valence-electron chi connectivity index (χ3n) is 5.27. The van der Waals surface area contributed by atoms with Gasteiger partial charge in [-0.25, -0.2) is 13.7 Å². The number of benzene rings is 2. The van der Waals surface area contributed by atoms with Gasteiger partial charge in [0.2, 0.25) is 5.91 Å². The molecule has 2 aromatic rings. The largest absolute Gasteiger partial charge is 0.321 e. The highest BCUT2D eigenvalue weighted by atomic mass is 19.1. The Bertz CT molecular complexity index is 907. The summed E-state index contributed by atoms with van der Waals surface area (Å²) in [5.74, 6) is -1.16. The highest BCUT2D eigenvalue weighted by molar-refractivity contribution is 6.21. The second kappa shape index (κ2) is 7.04. The molecule has 0 bridgehead atoms. The van der Waals surface area contributed by atoms with E-state index in [1.165, 1.54) is 36.4 Å². The predicted molar refractivity (Wildman–Crippen MR) is 97.0 cm³/mol. The minimum Gasteiger partial charge on any atom is -0.321 e. The lowest BCUT2D eigenvalue weighted by molar-refractivity contribution is -0.909. The SMILES string of the molecule is O=C1C[C@@H]([NH+]2CC=C(c3ccc(F)cc3)CC2)C(=O)N1c1ccc(F)cc1. The van der Waals surface area contributed by atoms with E-state index in [0.717, 1.165) is 33.9 Å². The predicted octanol–water partition coefficient (Wildman–Crippen LogP) is 1.97. The Balaban J connectivity index is 1.48. The number of carbonyl (C=O) groups excluding carboxylic acids is 2. The molecule has 2 aliphatic heterocycles. The number of nitrogens with zero attached hydrogens (tertiary/aromatic N) is 1. The summed E-state index contributed by atoms with van der Waals surface area (Å²) in [6, 6.07) is 11.4. The summed E-state index contributed by atoms with van der Waals surface area (Å²) in [5, 5.41) is 0. The van der Waals surface area contributed by atoms with Crippen LogP contribution >= 0.6 is 0 Å². The minimum atomic E-state index is -0.423. The van der Waals surface area contributed by atoms with E-state index in [1.54, 1.807) is 12.1 Å². The second-order valence-corrected chi connectivity index (χ2v) is 6.90. The Hall–Kier alpha value is -2.86. The topological polar surface area (TPSA) is 41.8 Å². The first kappa shape index (κ1) is 17.5. The van der Waals surface area contributed by atoms with Crippen LogP contribution in [0.25, 0.3) is 5.57 Å². The lowest BCUT2D eigenvalue weighted by Gasteiger charge is -2.27. The van der Waals surface area contributed by atoms with Crippen molar-refractivity contribution in [3.63, 3.8) is 0 Å². The van der Waals surface area contributed by atoms with Crippen molar-refractivity contribution in [2.24, 2.45) is 0 Å². The molecule has 2 heterocycles. The van der Waals surface area contributed by atoms with Gasteiger partial charge in [-0.15, -0.1) is 0 Å². The van der Waals surface area contributed by atoms with E-state index < -0.39 is 11.9 Å². The molecule has 0 aromatic heterocycles. The summed E-state index contributed by atoms with van der Waals surface area (Å²) in [6.45, 7) is 1.36. The van der Waals surface area contributed by atoms with Crippen LogP contribution in [-0.4, -0.2) is 30.9 Å². The molecule has 4 nitrogen and oxygen atoms in total. The molecule has 0 aliphatic carbocycles.